The van der Waals surface area contributed by atoms with Crippen LogP contribution in [0.1, 0.15) is 21.6 Å². The summed E-state index contributed by atoms with van der Waals surface area (Å²) in [6.45, 7) is 0. The second-order valence-corrected chi connectivity index (χ2v) is 4.60. The first-order chi connectivity index (χ1) is 10.6. The van der Waals surface area contributed by atoms with Gasteiger partial charge in [0.05, 0.1) is 16.8 Å². The summed E-state index contributed by atoms with van der Waals surface area (Å²) in [5, 5.41) is 10.4. The number of hydrogen-bond acceptors (Lipinski definition) is 6. The highest BCUT2D eigenvalue weighted by atomic mass is 16.3. The molecule has 0 spiro atoms. The zero-order valence-electron chi connectivity index (χ0n) is 11.6. The Labute approximate surface area is 125 Å². The number of carbonyl (C=O) groups is 2. The highest BCUT2D eigenvalue weighted by Crippen LogP contribution is 2.28. The van der Waals surface area contributed by atoms with E-state index in [4.69, 9.17) is 0 Å². The Morgan fingerprint density at radius 1 is 1.14 bits per heavy atom. The highest BCUT2D eigenvalue weighted by Gasteiger charge is 2.36. The fourth-order valence-corrected chi connectivity index (χ4v) is 2.35. The molecule has 1 aliphatic rings. The maximum atomic E-state index is 12.4. The molecule has 0 aliphatic heterocycles. The van der Waals surface area contributed by atoms with Crippen LogP contribution in [0.3, 0.4) is 0 Å². The maximum Gasteiger partial charge on any atom is 0.239 e. The molecular formula is C16H11N3O3. The third kappa shape index (κ3) is 2.01. The number of aliphatic imine (C=N–C) groups is 1. The number of aromatic nitrogens is 2. The normalized spacial score (nSPS) is 15.0. The number of pyridine rings is 2. The molecule has 0 aromatic carbocycles. The third-order valence-corrected chi connectivity index (χ3v) is 3.34. The van der Waals surface area contributed by atoms with Crippen LogP contribution >= 0.6 is 0 Å². The van der Waals surface area contributed by atoms with E-state index in [1.165, 1.54) is 31.6 Å². The van der Waals surface area contributed by atoms with Gasteiger partial charge in [0, 0.05) is 31.2 Å². The number of nitrogens with zero attached hydrogens (tertiary/aromatic N) is 3. The zero-order valence-corrected chi connectivity index (χ0v) is 11.6. The molecule has 0 fully saturated rings. The summed E-state index contributed by atoms with van der Waals surface area (Å²) < 4.78 is 0. The van der Waals surface area contributed by atoms with E-state index in [-0.39, 0.29) is 28.3 Å². The first kappa shape index (κ1) is 13.8. The second kappa shape index (κ2) is 5.33. The van der Waals surface area contributed by atoms with Crippen molar-refractivity contribution in [3.05, 3.63) is 65.2 Å². The summed E-state index contributed by atoms with van der Waals surface area (Å²) in [6, 6.07) is 6.38. The molecule has 2 heterocycles. The number of carbonyl (C=O) groups excluding carboxylic acids is 2. The van der Waals surface area contributed by atoms with Crippen molar-refractivity contribution in [1.82, 2.24) is 9.97 Å². The van der Waals surface area contributed by atoms with Gasteiger partial charge in [-0.3, -0.25) is 24.5 Å². The number of rotatable bonds is 2. The fraction of sp³-hybridized carbons (Fsp3) is 0.0625. The second-order valence-electron chi connectivity index (χ2n) is 4.60. The summed E-state index contributed by atoms with van der Waals surface area (Å²) >= 11 is 0. The Morgan fingerprint density at radius 3 is 2.59 bits per heavy atom. The lowest BCUT2D eigenvalue weighted by atomic mass is 9.87. The van der Waals surface area contributed by atoms with Gasteiger partial charge in [-0.05, 0) is 24.3 Å². The topological polar surface area (TPSA) is 92.5 Å². The molecule has 0 radical (unpaired) electrons. The van der Waals surface area contributed by atoms with Crippen LogP contribution in [0.15, 0.2) is 53.4 Å². The molecule has 2 aromatic rings. The first-order valence-electron chi connectivity index (χ1n) is 6.50. The van der Waals surface area contributed by atoms with Gasteiger partial charge < -0.3 is 5.11 Å². The van der Waals surface area contributed by atoms with Crippen molar-refractivity contribution in [3.8, 4) is 0 Å². The average molecular weight is 293 g/mol. The van der Waals surface area contributed by atoms with Gasteiger partial charge in [-0.15, -0.1) is 0 Å². The van der Waals surface area contributed by atoms with E-state index in [9.17, 15) is 14.7 Å². The number of fused-ring (bicyclic) bond motifs is 1. The molecule has 22 heavy (non-hydrogen) atoms. The summed E-state index contributed by atoms with van der Waals surface area (Å²) in [4.78, 5) is 36.6. The number of aliphatic hydroxyl groups excluding tert-OH is 1. The van der Waals surface area contributed by atoms with Crippen LogP contribution in [0, 0.1) is 0 Å². The molecule has 6 nitrogen and oxygen atoms in total. The number of ketones is 2. The molecule has 1 aliphatic carbocycles. The standard InChI is InChI=1S/C16H11N3O3/c1-17-12(9-4-2-6-18-8-9)11-15(21)13-10(5-3-7-19-13)14(20)16(11)22/h2-8,21H,1H3. The van der Waals surface area contributed by atoms with Gasteiger partial charge in [-0.2, -0.15) is 0 Å². The number of Topliss-reactive ketones (excluding diaryl/α,β-unsaturated/α-hetero) is 2. The molecule has 3 rings (SSSR count). The molecule has 6 heteroatoms. The average Bonchev–Trinajstić information content (AvgIpc) is 2.57. The molecule has 0 saturated heterocycles. The lowest BCUT2D eigenvalue weighted by Crippen LogP contribution is -2.29. The minimum absolute atomic E-state index is 0.0899. The lowest BCUT2D eigenvalue weighted by Gasteiger charge is -2.17. The Balaban J connectivity index is 2.25. The Kier molecular flexibility index (Phi) is 3.34. The van der Waals surface area contributed by atoms with Crippen molar-refractivity contribution in [2.24, 2.45) is 4.99 Å². The van der Waals surface area contributed by atoms with Gasteiger partial charge in [0.1, 0.15) is 5.69 Å². The van der Waals surface area contributed by atoms with Crippen LogP contribution < -0.4 is 0 Å². The van der Waals surface area contributed by atoms with Gasteiger partial charge in [-0.1, -0.05) is 0 Å². The monoisotopic (exact) mass is 293 g/mol. The van der Waals surface area contributed by atoms with Crippen LogP contribution in [0.25, 0.3) is 5.76 Å². The molecule has 1 N–H and O–H groups in total. The summed E-state index contributed by atoms with van der Waals surface area (Å²) in [6.07, 6.45) is 4.53. The molecule has 0 atom stereocenters. The van der Waals surface area contributed by atoms with Crippen LogP contribution in [0.4, 0.5) is 0 Å². The molecule has 0 unspecified atom stereocenters. The molecule has 0 saturated carbocycles. The quantitative estimate of drug-likeness (QED) is 0.671. The van der Waals surface area contributed by atoms with Crippen molar-refractivity contribution in [1.29, 1.82) is 0 Å². The minimum atomic E-state index is -0.803. The van der Waals surface area contributed by atoms with Gasteiger partial charge in [0.25, 0.3) is 0 Å². The minimum Gasteiger partial charge on any atom is -0.505 e. The van der Waals surface area contributed by atoms with E-state index in [1.807, 2.05) is 0 Å². The number of hydrogen-bond donors (Lipinski definition) is 1. The van der Waals surface area contributed by atoms with Crippen molar-refractivity contribution in [3.63, 3.8) is 0 Å². The summed E-state index contributed by atoms with van der Waals surface area (Å²) in [5.41, 5.74) is 0.779. The number of allylic oxidation sites excluding steroid dienone is 1. The number of aliphatic hydroxyl groups is 1. The Morgan fingerprint density at radius 2 is 1.91 bits per heavy atom. The van der Waals surface area contributed by atoms with E-state index in [2.05, 4.69) is 15.0 Å². The molecule has 2 aromatic heterocycles. The molecule has 0 bridgehead atoms. The van der Waals surface area contributed by atoms with Crippen LogP contribution in [0.2, 0.25) is 0 Å². The van der Waals surface area contributed by atoms with Gasteiger partial charge in [-0.25, -0.2) is 0 Å². The van der Waals surface area contributed by atoms with Crippen LogP contribution in [0.5, 0.6) is 0 Å². The maximum absolute atomic E-state index is 12.4. The van der Waals surface area contributed by atoms with Gasteiger partial charge in [0.2, 0.25) is 11.6 Å². The van der Waals surface area contributed by atoms with E-state index >= 15 is 0 Å². The molecular weight excluding hydrogens is 282 g/mol. The van der Waals surface area contributed by atoms with Crippen LogP contribution in [-0.2, 0) is 4.79 Å². The van der Waals surface area contributed by atoms with E-state index in [1.54, 1.807) is 18.3 Å². The van der Waals surface area contributed by atoms with Crippen molar-refractivity contribution in [2.45, 2.75) is 0 Å². The zero-order chi connectivity index (χ0) is 15.7. The van der Waals surface area contributed by atoms with E-state index in [0.29, 0.717) is 5.56 Å². The van der Waals surface area contributed by atoms with Gasteiger partial charge in [0.15, 0.2) is 5.76 Å². The molecule has 0 amide bonds. The highest BCUT2D eigenvalue weighted by molar-refractivity contribution is 6.58. The summed E-state index contributed by atoms with van der Waals surface area (Å²) in [7, 11) is 1.48. The van der Waals surface area contributed by atoms with Crippen LogP contribution in [-0.4, -0.2) is 39.4 Å². The largest absolute Gasteiger partial charge is 0.505 e. The summed E-state index contributed by atoms with van der Waals surface area (Å²) in [5.74, 6) is -1.85. The van der Waals surface area contributed by atoms with Crippen molar-refractivity contribution >= 4 is 23.0 Å². The predicted octanol–water partition coefficient (Wildman–Crippen LogP) is 1.63. The van der Waals surface area contributed by atoms with Crippen molar-refractivity contribution in [2.75, 3.05) is 7.05 Å². The first-order valence-corrected chi connectivity index (χ1v) is 6.50. The lowest BCUT2D eigenvalue weighted by molar-refractivity contribution is -0.111. The Hall–Kier alpha value is -3.15. The van der Waals surface area contributed by atoms with Gasteiger partial charge >= 0.3 is 0 Å². The fourth-order valence-electron chi connectivity index (χ4n) is 2.35. The van der Waals surface area contributed by atoms with E-state index in [0.717, 1.165) is 0 Å². The SMILES string of the molecule is CN=C(C1=C(O)c2ncccc2C(=O)C1=O)c1cccnc1. The van der Waals surface area contributed by atoms with E-state index < -0.39 is 11.6 Å². The Bertz CT molecular complexity index is 839. The molecule has 108 valence electrons. The predicted molar refractivity (Wildman–Crippen MR) is 79.8 cm³/mol. The smallest absolute Gasteiger partial charge is 0.239 e. The van der Waals surface area contributed by atoms with Crippen molar-refractivity contribution < 1.29 is 14.7 Å². The third-order valence-electron chi connectivity index (χ3n) is 3.34.